The normalized spacial score (nSPS) is 13.4. The van der Waals surface area contributed by atoms with Crippen LogP contribution in [0.2, 0.25) is 0 Å². The van der Waals surface area contributed by atoms with Crippen molar-refractivity contribution in [2.24, 2.45) is 5.10 Å². The molecule has 0 unspecified atom stereocenters. The molecule has 1 aromatic rings. The molecule has 0 saturated heterocycles. The maximum atomic E-state index is 12.0. The molecule has 0 aromatic heterocycles. The molecule has 0 radical (unpaired) electrons. The van der Waals surface area contributed by atoms with E-state index in [1.165, 1.54) is 0 Å². The van der Waals surface area contributed by atoms with Crippen molar-refractivity contribution >= 4 is 23.4 Å². The zero-order valence-electron chi connectivity index (χ0n) is 14.1. The molecule has 0 fully saturated rings. The lowest BCUT2D eigenvalue weighted by Crippen LogP contribution is -2.30. The summed E-state index contributed by atoms with van der Waals surface area (Å²) in [6, 6.07) is 5.13. The zero-order valence-corrected chi connectivity index (χ0v) is 14.1. The largest absolute Gasteiger partial charge is 0.454 e. The van der Waals surface area contributed by atoms with Gasteiger partial charge in [0.2, 0.25) is 12.7 Å². The summed E-state index contributed by atoms with van der Waals surface area (Å²) in [7, 11) is 0. The maximum absolute atomic E-state index is 12.0. The van der Waals surface area contributed by atoms with Gasteiger partial charge in [0.1, 0.15) is 5.60 Å². The van der Waals surface area contributed by atoms with Gasteiger partial charge in [-0.15, -0.1) is 0 Å². The minimum absolute atomic E-state index is 0.0320. The number of fused-ring (bicyclic) bond motifs is 1. The topological polar surface area (TPSA) is 98.3 Å². The van der Waals surface area contributed by atoms with Crippen LogP contribution in [0.3, 0.4) is 0 Å². The molecule has 1 aromatic carbocycles. The number of rotatable bonds is 4. The van der Waals surface area contributed by atoms with Crippen molar-refractivity contribution in [3.63, 3.8) is 0 Å². The quantitative estimate of drug-likeness (QED) is 0.651. The number of hydrogen-bond acceptors (Lipinski definition) is 6. The minimum atomic E-state index is -0.668. The van der Waals surface area contributed by atoms with Crippen LogP contribution in [0.4, 0.5) is 10.5 Å². The summed E-state index contributed by atoms with van der Waals surface area (Å²) in [6.07, 6.45) is -0.637. The van der Waals surface area contributed by atoms with Gasteiger partial charge in [-0.1, -0.05) is 0 Å². The lowest BCUT2D eigenvalue weighted by Gasteiger charge is -2.18. The van der Waals surface area contributed by atoms with E-state index < -0.39 is 11.7 Å². The molecule has 2 amide bonds. The highest BCUT2D eigenvalue weighted by molar-refractivity contribution is 6.05. The molecule has 1 heterocycles. The van der Waals surface area contributed by atoms with Crippen molar-refractivity contribution in [1.82, 2.24) is 5.43 Å². The lowest BCUT2D eigenvalue weighted by atomic mass is 10.2. The Balaban J connectivity index is 1.83. The van der Waals surface area contributed by atoms with Crippen LogP contribution in [0.15, 0.2) is 23.3 Å². The number of ether oxygens (including phenoxy) is 3. The molecule has 8 nitrogen and oxygen atoms in total. The Labute approximate surface area is 140 Å². The van der Waals surface area contributed by atoms with Crippen LogP contribution in [-0.4, -0.2) is 30.1 Å². The summed E-state index contributed by atoms with van der Waals surface area (Å²) in [5.41, 5.74) is 2.68. The first kappa shape index (κ1) is 17.6. The first-order valence-corrected chi connectivity index (χ1v) is 7.44. The van der Waals surface area contributed by atoms with Crippen molar-refractivity contribution in [3.8, 4) is 11.5 Å². The number of amides is 2. The lowest BCUT2D eigenvalue weighted by molar-refractivity contribution is -0.115. The van der Waals surface area contributed by atoms with E-state index in [1.54, 1.807) is 45.9 Å². The van der Waals surface area contributed by atoms with Gasteiger partial charge in [-0.25, -0.2) is 10.2 Å². The molecule has 2 rings (SSSR count). The number of anilines is 1. The Bertz CT molecular complexity index is 664. The van der Waals surface area contributed by atoms with E-state index in [1.807, 2.05) is 0 Å². The molecule has 130 valence electrons. The summed E-state index contributed by atoms with van der Waals surface area (Å²) in [5, 5.41) is 6.56. The second-order valence-electron chi connectivity index (χ2n) is 6.25. The molecule has 1 aliphatic heterocycles. The van der Waals surface area contributed by atoms with Gasteiger partial charge in [0.25, 0.3) is 0 Å². The Hall–Kier alpha value is -2.77. The second kappa shape index (κ2) is 7.20. The first-order valence-electron chi connectivity index (χ1n) is 7.44. The standard InChI is InChI=1S/C16H21N3O5/c1-10(18-19-15(21)24-16(2,3)4)7-14(20)17-11-5-6-12-13(8-11)23-9-22-12/h5-6,8H,7,9H2,1-4H3,(H,17,20)(H,19,21). The van der Waals surface area contributed by atoms with Crippen molar-refractivity contribution in [3.05, 3.63) is 18.2 Å². The van der Waals surface area contributed by atoms with E-state index in [4.69, 9.17) is 14.2 Å². The number of benzene rings is 1. The van der Waals surface area contributed by atoms with Crippen LogP contribution >= 0.6 is 0 Å². The Morgan fingerprint density at radius 1 is 1.25 bits per heavy atom. The number of carbonyl (C=O) groups is 2. The SMILES string of the molecule is CC(CC(=O)Nc1ccc2c(c1)OCO2)=NNC(=O)OC(C)(C)C. The van der Waals surface area contributed by atoms with E-state index in [-0.39, 0.29) is 19.1 Å². The molecule has 1 aliphatic rings. The summed E-state index contributed by atoms with van der Waals surface area (Å²) in [4.78, 5) is 23.5. The van der Waals surface area contributed by atoms with E-state index in [0.29, 0.717) is 22.9 Å². The van der Waals surface area contributed by atoms with Gasteiger partial charge >= 0.3 is 6.09 Å². The van der Waals surface area contributed by atoms with E-state index in [2.05, 4.69) is 15.8 Å². The molecule has 8 heteroatoms. The van der Waals surface area contributed by atoms with Crippen molar-refractivity contribution in [2.75, 3.05) is 12.1 Å². The number of nitrogens with zero attached hydrogens (tertiary/aromatic N) is 1. The van der Waals surface area contributed by atoms with Crippen LogP contribution in [0.25, 0.3) is 0 Å². The van der Waals surface area contributed by atoms with Gasteiger partial charge in [0.15, 0.2) is 11.5 Å². The fourth-order valence-electron chi connectivity index (χ4n) is 1.89. The summed E-state index contributed by atoms with van der Waals surface area (Å²) < 4.78 is 15.5. The third kappa shape index (κ3) is 5.45. The first-order chi connectivity index (χ1) is 11.2. The minimum Gasteiger partial charge on any atom is -0.454 e. The highest BCUT2D eigenvalue weighted by atomic mass is 16.7. The highest BCUT2D eigenvalue weighted by Gasteiger charge is 2.16. The highest BCUT2D eigenvalue weighted by Crippen LogP contribution is 2.34. The molecule has 24 heavy (non-hydrogen) atoms. The Morgan fingerprint density at radius 2 is 1.96 bits per heavy atom. The van der Waals surface area contributed by atoms with Gasteiger partial charge < -0.3 is 19.5 Å². The fraction of sp³-hybridized carbons (Fsp3) is 0.438. The summed E-state index contributed by atoms with van der Waals surface area (Å²) in [6.45, 7) is 7.07. The number of hydrazone groups is 1. The predicted octanol–water partition coefficient (Wildman–Crippen LogP) is 2.64. The second-order valence-corrected chi connectivity index (χ2v) is 6.25. The van der Waals surface area contributed by atoms with Crippen LogP contribution in [0.1, 0.15) is 34.1 Å². The monoisotopic (exact) mass is 335 g/mol. The third-order valence-corrected chi connectivity index (χ3v) is 2.81. The Morgan fingerprint density at radius 3 is 2.67 bits per heavy atom. The van der Waals surface area contributed by atoms with Crippen molar-refractivity contribution in [2.45, 2.75) is 39.7 Å². The molecule has 0 spiro atoms. The average Bonchev–Trinajstić information content (AvgIpc) is 2.90. The number of nitrogens with one attached hydrogen (secondary N) is 2. The van der Waals surface area contributed by atoms with Crippen molar-refractivity contribution < 1.29 is 23.8 Å². The third-order valence-electron chi connectivity index (χ3n) is 2.81. The van der Waals surface area contributed by atoms with E-state index in [9.17, 15) is 9.59 Å². The molecule has 2 N–H and O–H groups in total. The number of carbonyl (C=O) groups excluding carboxylic acids is 2. The molecule has 0 saturated carbocycles. The molecule has 0 atom stereocenters. The molecule has 0 bridgehead atoms. The maximum Gasteiger partial charge on any atom is 0.428 e. The van der Waals surface area contributed by atoms with E-state index in [0.717, 1.165) is 0 Å². The molecule has 0 aliphatic carbocycles. The molecular weight excluding hydrogens is 314 g/mol. The van der Waals surface area contributed by atoms with Gasteiger partial charge in [-0.3, -0.25) is 4.79 Å². The zero-order chi connectivity index (χ0) is 17.7. The van der Waals surface area contributed by atoms with Gasteiger partial charge in [0.05, 0.1) is 6.42 Å². The predicted molar refractivity (Wildman–Crippen MR) is 88.3 cm³/mol. The van der Waals surface area contributed by atoms with Gasteiger partial charge in [-0.05, 0) is 39.8 Å². The summed E-state index contributed by atoms with van der Waals surface area (Å²) >= 11 is 0. The van der Waals surface area contributed by atoms with Gasteiger partial charge in [0, 0.05) is 17.5 Å². The smallest absolute Gasteiger partial charge is 0.428 e. The summed E-state index contributed by atoms with van der Waals surface area (Å²) in [5.74, 6) is 0.971. The average molecular weight is 335 g/mol. The van der Waals surface area contributed by atoms with Crippen LogP contribution in [-0.2, 0) is 9.53 Å². The van der Waals surface area contributed by atoms with Crippen LogP contribution < -0.4 is 20.2 Å². The fourth-order valence-corrected chi connectivity index (χ4v) is 1.89. The Kier molecular flexibility index (Phi) is 5.28. The van der Waals surface area contributed by atoms with Gasteiger partial charge in [-0.2, -0.15) is 5.10 Å². The molecular formula is C16H21N3O5. The van der Waals surface area contributed by atoms with E-state index >= 15 is 0 Å². The van der Waals surface area contributed by atoms with Crippen LogP contribution in [0.5, 0.6) is 11.5 Å². The van der Waals surface area contributed by atoms with Crippen molar-refractivity contribution in [1.29, 1.82) is 0 Å². The van der Waals surface area contributed by atoms with Crippen LogP contribution in [0, 0.1) is 0 Å². The number of hydrogen-bond donors (Lipinski definition) is 2.